The molecule has 1 heterocycles. The Labute approximate surface area is 145 Å². The Balaban J connectivity index is 2.05. The molecule has 1 aromatic heterocycles. The highest BCUT2D eigenvalue weighted by molar-refractivity contribution is 7.99. The van der Waals surface area contributed by atoms with E-state index < -0.39 is 0 Å². The number of halogens is 1. The van der Waals surface area contributed by atoms with Crippen molar-refractivity contribution in [2.24, 2.45) is 0 Å². The zero-order chi connectivity index (χ0) is 16.7. The lowest BCUT2D eigenvalue weighted by molar-refractivity contribution is -0.118. The van der Waals surface area contributed by atoms with Crippen molar-refractivity contribution < 1.29 is 9.90 Å². The summed E-state index contributed by atoms with van der Waals surface area (Å²) >= 11 is 7.26. The molecule has 0 saturated heterocycles. The molecule has 0 radical (unpaired) electrons. The van der Waals surface area contributed by atoms with E-state index in [1.165, 1.54) is 11.8 Å². The zero-order valence-electron chi connectivity index (χ0n) is 13.0. The van der Waals surface area contributed by atoms with E-state index in [4.69, 9.17) is 11.6 Å². The van der Waals surface area contributed by atoms with Gasteiger partial charge in [0.05, 0.1) is 18.1 Å². The lowest BCUT2D eigenvalue weighted by atomic mass is 10.2. The third kappa shape index (κ3) is 5.57. The van der Waals surface area contributed by atoms with Gasteiger partial charge in [-0.3, -0.25) is 4.79 Å². The lowest BCUT2D eigenvalue weighted by Crippen LogP contribution is -2.25. The first kappa shape index (κ1) is 17.8. The third-order valence-corrected chi connectivity index (χ3v) is 4.37. The quantitative estimate of drug-likeness (QED) is 0.716. The Hall–Kier alpha value is -1.50. The first-order chi connectivity index (χ1) is 11.1. The number of carbonyl (C=O) groups excluding carboxylic acids is 1. The van der Waals surface area contributed by atoms with Crippen LogP contribution in [0.5, 0.6) is 0 Å². The van der Waals surface area contributed by atoms with Crippen molar-refractivity contribution in [3.8, 4) is 0 Å². The molecule has 0 aliphatic carbocycles. The number of nitrogens with one attached hydrogen (secondary N) is 1. The molecule has 7 heteroatoms. The number of hydrogen-bond donors (Lipinski definition) is 2. The van der Waals surface area contributed by atoms with Crippen LogP contribution in [0.25, 0.3) is 0 Å². The van der Waals surface area contributed by atoms with Gasteiger partial charge in [0.25, 0.3) is 0 Å². The van der Waals surface area contributed by atoms with Crippen molar-refractivity contribution >= 4 is 29.3 Å². The monoisotopic (exact) mass is 353 g/mol. The van der Waals surface area contributed by atoms with Crippen LogP contribution in [0.1, 0.15) is 24.6 Å². The molecule has 2 rings (SSSR count). The van der Waals surface area contributed by atoms with Gasteiger partial charge in [-0.05, 0) is 24.1 Å². The predicted molar refractivity (Wildman–Crippen MR) is 92.7 cm³/mol. The molecule has 0 saturated carbocycles. The summed E-state index contributed by atoms with van der Waals surface area (Å²) in [6, 6.07) is 7.57. The fourth-order valence-corrected chi connectivity index (χ4v) is 2.94. The van der Waals surface area contributed by atoms with Crippen molar-refractivity contribution in [2.75, 3.05) is 12.3 Å². The van der Waals surface area contributed by atoms with Crippen molar-refractivity contribution in [2.45, 2.75) is 31.7 Å². The summed E-state index contributed by atoms with van der Waals surface area (Å²) in [5.41, 5.74) is 1.67. The summed E-state index contributed by atoms with van der Waals surface area (Å²) < 4.78 is 1.94. The van der Waals surface area contributed by atoms with Crippen LogP contribution in [-0.4, -0.2) is 32.9 Å². The van der Waals surface area contributed by atoms with Crippen molar-refractivity contribution in [1.29, 1.82) is 0 Å². The standard InChI is InChI=1S/C16H20ClN3O2S/c1-2-7-18-15(22)11-23-16-19-14(10-21)9-20(16)8-12-3-5-13(17)6-4-12/h3-6,9,21H,2,7-8,10-11H2,1H3,(H,18,22). The molecule has 0 aliphatic heterocycles. The Morgan fingerprint density at radius 2 is 2.13 bits per heavy atom. The second-order valence-electron chi connectivity index (χ2n) is 5.07. The minimum atomic E-state index is -0.122. The van der Waals surface area contributed by atoms with E-state index >= 15 is 0 Å². The summed E-state index contributed by atoms with van der Waals surface area (Å²) in [5, 5.41) is 13.5. The Morgan fingerprint density at radius 1 is 1.39 bits per heavy atom. The number of thioether (sulfide) groups is 1. The summed E-state index contributed by atoms with van der Waals surface area (Å²) in [7, 11) is 0. The molecule has 23 heavy (non-hydrogen) atoms. The molecule has 0 unspecified atom stereocenters. The van der Waals surface area contributed by atoms with Gasteiger partial charge in [-0.25, -0.2) is 4.98 Å². The second kappa shape index (κ2) is 8.96. The number of benzene rings is 1. The van der Waals surface area contributed by atoms with Crippen LogP contribution < -0.4 is 5.32 Å². The SMILES string of the molecule is CCCNC(=O)CSc1nc(CO)cn1Cc1ccc(Cl)cc1. The van der Waals surface area contributed by atoms with Crippen molar-refractivity contribution in [1.82, 2.24) is 14.9 Å². The van der Waals surface area contributed by atoms with Crippen LogP contribution in [-0.2, 0) is 17.9 Å². The Kier molecular flexibility index (Phi) is 6.95. The van der Waals surface area contributed by atoms with Gasteiger partial charge in [-0.15, -0.1) is 0 Å². The minimum Gasteiger partial charge on any atom is -0.390 e. The number of rotatable bonds is 8. The minimum absolute atomic E-state index is 0.0107. The molecule has 124 valence electrons. The average molecular weight is 354 g/mol. The molecule has 0 bridgehead atoms. The van der Waals surface area contributed by atoms with Crippen molar-refractivity contribution in [3.05, 3.63) is 46.7 Å². The van der Waals surface area contributed by atoms with Gasteiger partial charge in [0, 0.05) is 24.3 Å². The maximum Gasteiger partial charge on any atom is 0.230 e. The molecule has 0 fully saturated rings. The Bertz CT molecular complexity index is 643. The van der Waals surface area contributed by atoms with Gasteiger partial charge in [0.15, 0.2) is 5.16 Å². The Morgan fingerprint density at radius 3 is 2.78 bits per heavy atom. The largest absolute Gasteiger partial charge is 0.390 e. The third-order valence-electron chi connectivity index (χ3n) is 3.12. The van der Waals surface area contributed by atoms with E-state index in [-0.39, 0.29) is 12.5 Å². The molecule has 0 spiro atoms. The molecule has 5 nitrogen and oxygen atoms in total. The fraction of sp³-hybridized carbons (Fsp3) is 0.375. The highest BCUT2D eigenvalue weighted by Gasteiger charge is 2.11. The number of aromatic nitrogens is 2. The van der Waals surface area contributed by atoms with Gasteiger partial charge in [-0.2, -0.15) is 0 Å². The molecule has 2 N–H and O–H groups in total. The molecule has 0 atom stereocenters. The van der Waals surface area contributed by atoms with Crippen LogP contribution in [0.4, 0.5) is 0 Å². The number of imidazole rings is 1. The average Bonchev–Trinajstić information content (AvgIpc) is 2.95. The van der Waals surface area contributed by atoms with Gasteiger partial charge < -0.3 is 15.0 Å². The van der Waals surface area contributed by atoms with E-state index in [2.05, 4.69) is 10.3 Å². The van der Waals surface area contributed by atoms with Gasteiger partial charge >= 0.3 is 0 Å². The molecular formula is C16H20ClN3O2S. The van der Waals surface area contributed by atoms with E-state index in [0.717, 1.165) is 17.1 Å². The second-order valence-corrected chi connectivity index (χ2v) is 6.44. The van der Waals surface area contributed by atoms with Crippen molar-refractivity contribution in [3.63, 3.8) is 0 Å². The van der Waals surface area contributed by atoms with Crippen LogP contribution in [0, 0.1) is 0 Å². The molecule has 2 aromatic rings. The van der Waals surface area contributed by atoms with Crippen LogP contribution >= 0.6 is 23.4 Å². The van der Waals surface area contributed by atoms with E-state index in [9.17, 15) is 9.90 Å². The highest BCUT2D eigenvalue weighted by Crippen LogP contribution is 2.20. The predicted octanol–water partition coefficient (Wildman–Crippen LogP) is 2.70. The molecule has 0 aliphatic rings. The summed E-state index contributed by atoms with van der Waals surface area (Å²) in [4.78, 5) is 16.1. The smallest absolute Gasteiger partial charge is 0.230 e. The topological polar surface area (TPSA) is 67.2 Å². The number of carbonyl (C=O) groups is 1. The first-order valence-corrected chi connectivity index (χ1v) is 8.79. The number of nitrogens with zero attached hydrogens (tertiary/aromatic N) is 2. The molecule has 1 amide bonds. The zero-order valence-corrected chi connectivity index (χ0v) is 14.5. The van der Waals surface area contributed by atoms with E-state index in [1.54, 1.807) is 6.20 Å². The number of hydrogen-bond acceptors (Lipinski definition) is 4. The number of aliphatic hydroxyl groups is 1. The summed E-state index contributed by atoms with van der Waals surface area (Å²) in [5.74, 6) is 0.297. The van der Waals surface area contributed by atoms with E-state index in [1.807, 2.05) is 35.8 Å². The highest BCUT2D eigenvalue weighted by atomic mass is 35.5. The maximum atomic E-state index is 11.7. The number of amides is 1. The lowest BCUT2D eigenvalue weighted by Gasteiger charge is -2.08. The van der Waals surface area contributed by atoms with Crippen LogP contribution in [0.15, 0.2) is 35.6 Å². The first-order valence-electron chi connectivity index (χ1n) is 7.43. The fourth-order valence-electron chi connectivity index (χ4n) is 1.99. The van der Waals surface area contributed by atoms with Gasteiger partial charge in [0.2, 0.25) is 5.91 Å². The van der Waals surface area contributed by atoms with Gasteiger partial charge in [0.1, 0.15) is 0 Å². The van der Waals surface area contributed by atoms with Gasteiger partial charge in [-0.1, -0.05) is 42.4 Å². The maximum absolute atomic E-state index is 11.7. The number of aliphatic hydroxyl groups excluding tert-OH is 1. The van der Waals surface area contributed by atoms with Crippen LogP contribution in [0.2, 0.25) is 5.02 Å². The van der Waals surface area contributed by atoms with E-state index in [0.29, 0.717) is 29.6 Å². The molecular weight excluding hydrogens is 334 g/mol. The summed E-state index contributed by atoms with van der Waals surface area (Å²) in [6.07, 6.45) is 2.72. The van der Waals surface area contributed by atoms with Crippen LogP contribution in [0.3, 0.4) is 0 Å². The summed E-state index contributed by atoms with van der Waals surface area (Å²) in [6.45, 7) is 3.19. The molecule has 1 aromatic carbocycles. The normalized spacial score (nSPS) is 10.7.